The summed E-state index contributed by atoms with van der Waals surface area (Å²) in [6, 6.07) is 8.01. The second-order valence-electron chi connectivity index (χ2n) is 6.49. The van der Waals surface area contributed by atoms with E-state index in [9.17, 15) is 4.79 Å². The van der Waals surface area contributed by atoms with E-state index in [0.717, 1.165) is 17.6 Å². The highest BCUT2D eigenvalue weighted by molar-refractivity contribution is 6.78. The zero-order valence-electron chi connectivity index (χ0n) is 14.1. The fraction of sp³-hybridized carbons (Fsp3) is 0.500. The van der Waals surface area contributed by atoms with Crippen molar-refractivity contribution in [3.8, 4) is 5.75 Å². The van der Waals surface area contributed by atoms with Crippen LogP contribution in [0.3, 0.4) is 0 Å². The molecule has 0 aliphatic heterocycles. The van der Waals surface area contributed by atoms with Crippen LogP contribution in [0.5, 0.6) is 5.75 Å². The average molecular weight is 305 g/mol. The number of hydrogen-bond acceptors (Lipinski definition) is 2. The third-order valence-electron chi connectivity index (χ3n) is 4.23. The SMILES string of the molecule is CC(C)[Si](Oc1cccc(C=CC=O)c1)(C(C)C)C(C)C. The maximum Gasteiger partial charge on any atom is 0.258 e. The molecule has 0 aliphatic carbocycles. The van der Waals surface area contributed by atoms with E-state index in [1.54, 1.807) is 0 Å². The van der Waals surface area contributed by atoms with Gasteiger partial charge in [-0.15, -0.1) is 0 Å². The van der Waals surface area contributed by atoms with Crippen molar-refractivity contribution in [3.63, 3.8) is 0 Å². The molecule has 0 spiro atoms. The number of aldehydes is 1. The molecule has 0 fully saturated rings. The molecule has 21 heavy (non-hydrogen) atoms. The lowest BCUT2D eigenvalue weighted by atomic mass is 10.2. The molecule has 0 saturated carbocycles. The van der Waals surface area contributed by atoms with Gasteiger partial charge in [-0.05, 0) is 40.4 Å². The largest absolute Gasteiger partial charge is 0.543 e. The predicted octanol–water partition coefficient (Wildman–Crippen LogP) is 5.45. The summed E-state index contributed by atoms with van der Waals surface area (Å²) >= 11 is 0. The molecule has 0 saturated heterocycles. The third-order valence-corrected chi connectivity index (χ3v) is 10.2. The van der Waals surface area contributed by atoms with E-state index in [0.29, 0.717) is 16.6 Å². The standard InChI is InChI=1S/C18H28O2Si/c1-14(2)21(15(3)4,16(5)6)20-18-11-7-9-17(13-18)10-8-12-19/h7-16H,1-6H3. The lowest BCUT2D eigenvalue weighted by molar-refractivity contribution is -0.104. The highest BCUT2D eigenvalue weighted by Gasteiger charge is 2.46. The topological polar surface area (TPSA) is 26.3 Å². The van der Waals surface area contributed by atoms with Crippen LogP contribution in [0.2, 0.25) is 16.6 Å². The molecule has 0 heterocycles. The summed E-state index contributed by atoms with van der Waals surface area (Å²) in [5, 5.41) is 0. The summed E-state index contributed by atoms with van der Waals surface area (Å²) in [6.45, 7) is 13.7. The molecule has 2 nitrogen and oxygen atoms in total. The second kappa shape index (κ2) is 7.60. The number of allylic oxidation sites excluding steroid dienone is 1. The Bertz CT molecular complexity index is 468. The lowest BCUT2D eigenvalue weighted by Crippen LogP contribution is -2.50. The zero-order valence-corrected chi connectivity index (χ0v) is 15.1. The van der Waals surface area contributed by atoms with Crippen molar-refractivity contribution in [1.82, 2.24) is 0 Å². The Morgan fingerprint density at radius 3 is 2.05 bits per heavy atom. The molecule has 3 heteroatoms. The van der Waals surface area contributed by atoms with E-state index in [4.69, 9.17) is 4.43 Å². The van der Waals surface area contributed by atoms with Gasteiger partial charge in [0.25, 0.3) is 8.32 Å². The predicted molar refractivity (Wildman–Crippen MR) is 93.2 cm³/mol. The molecule has 0 aliphatic rings. The molecule has 1 aromatic rings. The maximum atomic E-state index is 10.4. The molecule has 0 unspecified atom stereocenters. The molecular formula is C18H28O2Si. The van der Waals surface area contributed by atoms with Crippen molar-refractivity contribution >= 4 is 20.7 Å². The van der Waals surface area contributed by atoms with Gasteiger partial charge in [0.1, 0.15) is 12.0 Å². The molecule has 0 N–H and O–H groups in total. The Kier molecular flexibility index (Phi) is 6.40. The number of benzene rings is 1. The minimum Gasteiger partial charge on any atom is -0.543 e. The number of carbonyl (C=O) groups excluding carboxylic acids is 1. The van der Waals surface area contributed by atoms with Gasteiger partial charge < -0.3 is 4.43 Å². The van der Waals surface area contributed by atoms with E-state index in [1.807, 2.05) is 30.3 Å². The van der Waals surface area contributed by atoms with Crippen molar-refractivity contribution in [1.29, 1.82) is 0 Å². The Hall–Kier alpha value is -1.35. The van der Waals surface area contributed by atoms with Gasteiger partial charge in [-0.25, -0.2) is 0 Å². The molecule has 1 rings (SSSR count). The quantitative estimate of drug-likeness (QED) is 0.380. The minimum absolute atomic E-state index is 0.548. The zero-order chi connectivity index (χ0) is 16.0. The van der Waals surface area contributed by atoms with E-state index in [1.165, 1.54) is 6.08 Å². The highest BCUT2D eigenvalue weighted by atomic mass is 28.4. The van der Waals surface area contributed by atoms with Crippen LogP contribution in [0.15, 0.2) is 30.3 Å². The van der Waals surface area contributed by atoms with Gasteiger partial charge >= 0.3 is 0 Å². The van der Waals surface area contributed by atoms with E-state index in [2.05, 4.69) is 41.5 Å². The summed E-state index contributed by atoms with van der Waals surface area (Å²) in [4.78, 5) is 10.4. The van der Waals surface area contributed by atoms with Crippen LogP contribution in [0, 0.1) is 0 Å². The number of carbonyl (C=O) groups is 1. The van der Waals surface area contributed by atoms with Gasteiger partial charge in [0.2, 0.25) is 0 Å². The molecular weight excluding hydrogens is 276 g/mol. The number of rotatable bonds is 7. The van der Waals surface area contributed by atoms with Gasteiger partial charge in [0.05, 0.1) is 0 Å². The van der Waals surface area contributed by atoms with Crippen LogP contribution in [0.1, 0.15) is 47.1 Å². The fourth-order valence-corrected chi connectivity index (χ4v) is 8.63. The molecule has 0 aromatic heterocycles. The lowest BCUT2D eigenvalue weighted by Gasteiger charge is -2.42. The second-order valence-corrected chi connectivity index (χ2v) is 11.9. The van der Waals surface area contributed by atoms with Crippen LogP contribution in [0.4, 0.5) is 0 Å². The van der Waals surface area contributed by atoms with Gasteiger partial charge in [0, 0.05) is 0 Å². The van der Waals surface area contributed by atoms with Crippen LogP contribution >= 0.6 is 0 Å². The van der Waals surface area contributed by atoms with Gasteiger partial charge in [-0.1, -0.05) is 59.8 Å². The Labute approximate surface area is 130 Å². The van der Waals surface area contributed by atoms with Crippen LogP contribution in [0.25, 0.3) is 6.08 Å². The van der Waals surface area contributed by atoms with Crippen molar-refractivity contribution < 1.29 is 9.22 Å². The molecule has 0 radical (unpaired) electrons. The first-order valence-electron chi connectivity index (χ1n) is 7.75. The Morgan fingerprint density at radius 1 is 1.00 bits per heavy atom. The summed E-state index contributed by atoms with van der Waals surface area (Å²) in [5.74, 6) is 0.922. The minimum atomic E-state index is -1.92. The maximum absolute atomic E-state index is 10.4. The third kappa shape index (κ3) is 4.07. The Balaban J connectivity index is 3.15. The molecule has 0 atom stereocenters. The molecule has 0 bridgehead atoms. The Morgan fingerprint density at radius 2 is 1.57 bits per heavy atom. The normalized spacial score (nSPS) is 12.6. The van der Waals surface area contributed by atoms with Crippen LogP contribution in [-0.4, -0.2) is 14.6 Å². The smallest absolute Gasteiger partial charge is 0.258 e. The summed E-state index contributed by atoms with van der Waals surface area (Å²) < 4.78 is 6.62. The van der Waals surface area contributed by atoms with Gasteiger partial charge in [-0.3, -0.25) is 4.79 Å². The van der Waals surface area contributed by atoms with Crippen LogP contribution < -0.4 is 4.43 Å². The van der Waals surface area contributed by atoms with Crippen molar-refractivity contribution in [3.05, 3.63) is 35.9 Å². The first-order chi connectivity index (χ1) is 9.84. The van der Waals surface area contributed by atoms with Crippen molar-refractivity contribution in [2.24, 2.45) is 0 Å². The van der Waals surface area contributed by atoms with Crippen molar-refractivity contribution in [2.75, 3.05) is 0 Å². The highest BCUT2D eigenvalue weighted by Crippen LogP contribution is 2.42. The van der Waals surface area contributed by atoms with Gasteiger partial charge in [0.15, 0.2) is 0 Å². The van der Waals surface area contributed by atoms with Crippen molar-refractivity contribution in [2.45, 2.75) is 58.2 Å². The molecule has 116 valence electrons. The summed E-state index contributed by atoms with van der Waals surface area (Å²) in [5.41, 5.74) is 2.64. The first kappa shape index (κ1) is 17.7. The fourth-order valence-electron chi connectivity index (χ4n) is 3.39. The molecule has 1 aromatic carbocycles. The average Bonchev–Trinajstić information content (AvgIpc) is 2.41. The monoisotopic (exact) mass is 304 g/mol. The van der Waals surface area contributed by atoms with E-state index in [-0.39, 0.29) is 0 Å². The van der Waals surface area contributed by atoms with Crippen LogP contribution in [-0.2, 0) is 4.79 Å². The van der Waals surface area contributed by atoms with Gasteiger partial charge in [-0.2, -0.15) is 0 Å². The first-order valence-corrected chi connectivity index (χ1v) is 9.89. The van der Waals surface area contributed by atoms with E-state index >= 15 is 0 Å². The molecule has 0 amide bonds. The summed E-state index contributed by atoms with van der Waals surface area (Å²) in [7, 11) is -1.92. The summed E-state index contributed by atoms with van der Waals surface area (Å²) in [6.07, 6.45) is 4.11. The number of hydrogen-bond donors (Lipinski definition) is 0. The van der Waals surface area contributed by atoms with E-state index < -0.39 is 8.32 Å².